The van der Waals surface area contributed by atoms with Gasteiger partial charge in [-0.25, -0.2) is 9.97 Å². The number of morpholine rings is 1. The number of carbonyl (C=O) groups is 1. The van der Waals surface area contributed by atoms with Crippen molar-refractivity contribution < 1.29 is 9.53 Å². The van der Waals surface area contributed by atoms with Gasteiger partial charge in [0.2, 0.25) is 5.95 Å². The molecule has 0 saturated carbocycles. The zero-order valence-corrected chi connectivity index (χ0v) is 17.5. The van der Waals surface area contributed by atoms with Crippen molar-refractivity contribution in [3.63, 3.8) is 0 Å². The minimum Gasteiger partial charge on any atom is -0.378 e. The fourth-order valence-electron chi connectivity index (χ4n) is 3.36. The average molecular weight is 415 g/mol. The van der Waals surface area contributed by atoms with E-state index >= 15 is 0 Å². The number of ether oxygens (including phenoxy) is 1. The third kappa shape index (κ3) is 5.26. The second kappa shape index (κ2) is 9.40. The Morgan fingerprint density at radius 3 is 2.58 bits per heavy atom. The highest BCUT2D eigenvalue weighted by molar-refractivity contribution is 5.95. The number of benzene rings is 2. The highest BCUT2D eigenvalue weighted by Crippen LogP contribution is 2.22. The summed E-state index contributed by atoms with van der Waals surface area (Å²) in [4.78, 5) is 23.5. The molecule has 4 rings (SSSR count). The summed E-state index contributed by atoms with van der Waals surface area (Å²) in [5, 5.41) is 6.40. The van der Waals surface area contributed by atoms with Crippen LogP contribution in [0, 0.1) is 0 Å². The number of amides is 1. The van der Waals surface area contributed by atoms with Crippen LogP contribution in [-0.2, 0) is 4.74 Å². The first-order chi connectivity index (χ1) is 15.1. The van der Waals surface area contributed by atoms with E-state index in [-0.39, 0.29) is 5.91 Å². The molecule has 7 nitrogen and oxygen atoms in total. The molecule has 2 aromatic carbocycles. The molecule has 3 aromatic rings. The first-order valence-electron chi connectivity index (χ1n) is 10.2. The van der Waals surface area contributed by atoms with Gasteiger partial charge in [0, 0.05) is 47.5 Å². The summed E-state index contributed by atoms with van der Waals surface area (Å²) in [5.41, 5.74) is 5.04. The third-order valence-corrected chi connectivity index (χ3v) is 4.86. The molecule has 1 aromatic heterocycles. The van der Waals surface area contributed by atoms with Gasteiger partial charge in [0.25, 0.3) is 5.91 Å². The van der Waals surface area contributed by atoms with Crippen molar-refractivity contribution in [1.29, 1.82) is 0 Å². The maximum absolute atomic E-state index is 12.7. The minimum atomic E-state index is 0.00470. The largest absolute Gasteiger partial charge is 0.378 e. The number of aromatic nitrogens is 2. The van der Waals surface area contributed by atoms with Crippen molar-refractivity contribution in [1.82, 2.24) is 14.9 Å². The first-order valence-corrected chi connectivity index (χ1v) is 10.2. The second-order valence-electron chi connectivity index (χ2n) is 7.36. The van der Waals surface area contributed by atoms with E-state index in [2.05, 4.69) is 27.2 Å². The first kappa shape index (κ1) is 20.6. The molecule has 1 aliphatic rings. The molecule has 0 aliphatic carbocycles. The lowest BCUT2D eigenvalue weighted by Gasteiger charge is -2.27. The van der Waals surface area contributed by atoms with Crippen LogP contribution in [-0.4, -0.2) is 47.1 Å². The highest BCUT2D eigenvalue weighted by Gasteiger charge is 2.18. The number of hydrogen-bond donors (Lipinski definition) is 2. The predicted octanol–water partition coefficient (Wildman–Crippen LogP) is 4.31. The minimum absolute atomic E-state index is 0.00470. The number of nitrogens with zero attached hydrogens (tertiary/aromatic N) is 3. The van der Waals surface area contributed by atoms with E-state index in [1.165, 1.54) is 0 Å². The predicted molar refractivity (Wildman–Crippen MR) is 122 cm³/mol. The Hall–Kier alpha value is -3.71. The van der Waals surface area contributed by atoms with Gasteiger partial charge < -0.3 is 20.3 Å². The van der Waals surface area contributed by atoms with Crippen LogP contribution in [0.25, 0.3) is 11.3 Å². The molecule has 2 N–H and O–H groups in total. The zero-order valence-electron chi connectivity index (χ0n) is 17.5. The molecule has 158 valence electrons. The fraction of sp³-hybridized carbons (Fsp3) is 0.208. The number of carbonyl (C=O) groups excluding carboxylic acids is 1. The van der Waals surface area contributed by atoms with Crippen LogP contribution in [0.15, 0.2) is 73.1 Å². The summed E-state index contributed by atoms with van der Waals surface area (Å²) in [5.74, 6) is 0.475. The Labute approximate surface area is 181 Å². The van der Waals surface area contributed by atoms with E-state index in [0.717, 1.165) is 28.3 Å². The topological polar surface area (TPSA) is 79.4 Å². The number of hydrogen-bond acceptors (Lipinski definition) is 6. The quantitative estimate of drug-likeness (QED) is 0.625. The van der Waals surface area contributed by atoms with Gasteiger partial charge in [0.1, 0.15) is 0 Å². The molecule has 2 heterocycles. The van der Waals surface area contributed by atoms with Gasteiger partial charge in [0.15, 0.2) is 0 Å². The van der Waals surface area contributed by atoms with Crippen LogP contribution in [0.1, 0.15) is 17.3 Å². The van der Waals surface area contributed by atoms with Crippen LogP contribution in [0.3, 0.4) is 0 Å². The lowest BCUT2D eigenvalue weighted by molar-refractivity contribution is 0.0303. The van der Waals surface area contributed by atoms with Crippen LogP contribution >= 0.6 is 0 Å². The molecular formula is C24H25N5O2. The molecular weight excluding hydrogens is 390 g/mol. The molecule has 1 amide bonds. The van der Waals surface area contributed by atoms with Crippen molar-refractivity contribution >= 4 is 23.2 Å². The van der Waals surface area contributed by atoms with Gasteiger partial charge in [-0.2, -0.15) is 0 Å². The van der Waals surface area contributed by atoms with E-state index in [1.54, 1.807) is 6.20 Å². The Morgan fingerprint density at radius 1 is 1.06 bits per heavy atom. The summed E-state index contributed by atoms with van der Waals surface area (Å²) in [6, 6.07) is 17.2. The molecule has 1 fully saturated rings. The summed E-state index contributed by atoms with van der Waals surface area (Å²) in [6.07, 6.45) is 1.72. The third-order valence-electron chi connectivity index (χ3n) is 4.86. The van der Waals surface area contributed by atoms with Gasteiger partial charge in [0.05, 0.1) is 18.9 Å². The van der Waals surface area contributed by atoms with Gasteiger partial charge in [-0.15, -0.1) is 0 Å². The second-order valence-corrected chi connectivity index (χ2v) is 7.36. The molecule has 0 spiro atoms. The normalized spacial score (nSPS) is 13.5. The van der Waals surface area contributed by atoms with Crippen molar-refractivity contribution in [3.05, 3.63) is 78.6 Å². The van der Waals surface area contributed by atoms with E-state index in [0.29, 0.717) is 37.8 Å². The Balaban J connectivity index is 1.49. The van der Waals surface area contributed by atoms with Gasteiger partial charge >= 0.3 is 0 Å². The molecule has 0 bridgehead atoms. The maximum atomic E-state index is 12.7. The number of rotatable bonds is 6. The van der Waals surface area contributed by atoms with Crippen molar-refractivity contribution in [3.8, 4) is 11.3 Å². The van der Waals surface area contributed by atoms with Crippen molar-refractivity contribution in [2.24, 2.45) is 0 Å². The molecule has 0 radical (unpaired) electrons. The summed E-state index contributed by atoms with van der Waals surface area (Å²) >= 11 is 0. The number of allylic oxidation sites excluding steroid dienone is 1. The molecule has 1 saturated heterocycles. The molecule has 0 atom stereocenters. The van der Waals surface area contributed by atoms with E-state index in [9.17, 15) is 4.79 Å². The van der Waals surface area contributed by atoms with Crippen LogP contribution in [0.5, 0.6) is 0 Å². The Kier molecular flexibility index (Phi) is 6.24. The average Bonchev–Trinajstić information content (AvgIpc) is 2.80. The zero-order chi connectivity index (χ0) is 21.6. The number of nitrogens with one attached hydrogen (secondary N) is 2. The Bertz CT molecular complexity index is 1080. The van der Waals surface area contributed by atoms with Gasteiger partial charge in [-0.3, -0.25) is 4.79 Å². The standard InChI is InChI=1S/C24H25N5O2/c1-17(2)26-20-8-6-18(7-9-20)22-10-11-25-24(28-22)27-21-5-3-4-19(16-21)23(30)29-12-14-31-15-13-29/h3-11,16,26H,1,12-15H2,2H3,(H,25,27,28). The lowest BCUT2D eigenvalue weighted by Crippen LogP contribution is -2.40. The number of anilines is 3. The van der Waals surface area contributed by atoms with Crippen molar-refractivity contribution in [2.75, 3.05) is 36.9 Å². The molecule has 1 aliphatic heterocycles. The molecule has 31 heavy (non-hydrogen) atoms. The molecule has 7 heteroatoms. The monoisotopic (exact) mass is 415 g/mol. The molecule has 0 unspecified atom stereocenters. The summed E-state index contributed by atoms with van der Waals surface area (Å²) < 4.78 is 5.33. The van der Waals surface area contributed by atoms with Gasteiger partial charge in [-0.05, 0) is 43.3 Å². The van der Waals surface area contributed by atoms with Crippen LogP contribution in [0.4, 0.5) is 17.3 Å². The SMILES string of the molecule is C=C(C)Nc1ccc(-c2ccnc(Nc3cccc(C(=O)N4CCOCC4)c3)n2)cc1. The Morgan fingerprint density at radius 2 is 1.84 bits per heavy atom. The maximum Gasteiger partial charge on any atom is 0.254 e. The summed E-state index contributed by atoms with van der Waals surface area (Å²) in [7, 11) is 0. The van der Waals surface area contributed by atoms with Crippen molar-refractivity contribution in [2.45, 2.75) is 6.92 Å². The van der Waals surface area contributed by atoms with Crippen LogP contribution < -0.4 is 10.6 Å². The van der Waals surface area contributed by atoms with E-state index in [4.69, 9.17) is 4.74 Å². The highest BCUT2D eigenvalue weighted by atomic mass is 16.5. The van der Waals surface area contributed by atoms with E-state index < -0.39 is 0 Å². The van der Waals surface area contributed by atoms with Crippen LogP contribution in [0.2, 0.25) is 0 Å². The fourth-order valence-corrected chi connectivity index (χ4v) is 3.36. The smallest absolute Gasteiger partial charge is 0.254 e. The lowest BCUT2D eigenvalue weighted by atomic mass is 10.1. The van der Waals surface area contributed by atoms with Gasteiger partial charge in [-0.1, -0.05) is 24.8 Å². The van der Waals surface area contributed by atoms with E-state index in [1.807, 2.05) is 66.4 Å². The summed E-state index contributed by atoms with van der Waals surface area (Å²) in [6.45, 7) is 8.16.